The van der Waals surface area contributed by atoms with Crippen LogP contribution in [0.15, 0.2) is 18.2 Å². The van der Waals surface area contributed by atoms with Crippen LogP contribution >= 0.6 is 0 Å². The number of nitrogens with zero attached hydrogens (tertiary/aromatic N) is 2. The number of nitro benzene ring substituents is 1. The first-order valence-corrected chi connectivity index (χ1v) is 7.13. The zero-order chi connectivity index (χ0) is 16.0. The molecule has 0 bridgehead atoms. The molecule has 0 fully saturated rings. The van der Waals surface area contributed by atoms with Gasteiger partial charge in [-0.3, -0.25) is 14.9 Å². The lowest BCUT2D eigenvalue weighted by Crippen LogP contribution is -2.36. The summed E-state index contributed by atoms with van der Waals surface area (Å²) in [5, 5.41) is 20.4. The molecule has 0 radical (unpaired) electrons. The zero-order valence-corrected chi connectivity index (χ0v) is 12.7. The van der Waals surface area contributed by atoms with Gasteiger partial charge < -0.3 is 10.0 Å². The van der Waals surface area contributed by atoms with Crippen LogP contribution in [-0.4, -0.2) is 35.0 Å². The second-order valence-corrected chi connectivity index (χ2v) is 4.90. The Hall–Kier alpha value is -1.95. The van der Waals surface area contributed by atoms with E-state index in [-0.39, 0.29) is 29.7 Å². The van der Waals surface area contributed by atoms with Gasteiger partial charge in [0.05, 0.1) is 17.1 Å². The van der Waals surface area contributed by atoms with Crippen molar-refractivity contribution in [3.8, 4) is 0 Å². The molecule has 0 aliphatic carbocycles. The molecule has 0 spiro atoms. The lowest BCUT2D eigenvalue weighted by atomic mass is 10.1. The van der Waals surface area contributed by atoms with Gasteiger partial charge in [0.1, 0.15) is 0 Å². The van der Waals surface area contributed by atoms with Crippen LogP contribution in [0, 0.1) is 10.1 Å². The summed E-state index contributed by atoms with van der Waals surface area (Å²) < 4.78 is 0. The molecule has 0 amide bonds. The lowest BCUT2D eigenvalue weighted by Gasteiger charge is -2.32. The normalized spacial score (nSPS) is 10.7. The summed E-state index contributed by atoms with van der Waals surface area (Å²) in [4.78, 5) is 24.0. The Kier molecular flexibility index (Phi) is 6.30. The van der Waals surface area contributed by atoms with Crippen molar-refractivity contribution in [3.63, 3.8) is 0 Å². The Balaban J connectivity index is 3.29. The lowest BCUT2D eigenvalue weighted by molar-refractivity contribution is -0.385. The van der Waals surface area contributed by atoms with Crippen molar-refractivity contribution in [1.29, 1.82) is 0 Å². The number of benzene rings is 1. The molecular weight excluding hydrogens is 272 g/mol. The zero-order valence-electron chi connectivity index (χ0n) is 12.7. The molecule has 0 atom stereocenters. The molecule has 1 aromatic carbocycles. The number of rotatable bonds is 8. The molecule has 0 aromatic heterocycles. The van der Waals surface area contributed by atoms with E-state index in [0.29, 0.717) is 12.2 Å². The Bertz CT molecular complexity index is 512. The highest BCUT2D eigenvalue weighted by molar-refractivity contribution is 5.98. The average Bonchev–Trinajstić information content (AvgIpc) is 2.46. The van der Waals surface area contributed by atoms with Crippen molar-refractivity contribution < 1.29 is 14.8 Å². The minimum Gasteiger partial charge on any atom is -0.395 e. The third-order valence-corrected chi connectivity index (χ3v) is 3.61. The van der Waals surface area contributed by atoms with Gasteiger partial charge in [-0.25, -0.2) is 0 Å². The second-order valence-electron chi connectivity index (χ2n) is 4.90. The van der Waals surface area contributed by atoms with Crippen LogP contribution in [-0.2, 0) is 0 Å². The van der Waals surface area contributed by atoms with E-state index in [1.54, 1.807) is 6.07 Å². The van der Waals surface area contributed by atoms with Crippen molar-refractivity contribution >= 4 is 17.2 Å². The number of anilines is 1. The highest BCUT2D eigenvalue weighted by Crippen LogP contribution is 2.28. The third kappa shape index (κ3) is 4.01. The molecule has 0 saturated carbocycles. The van der Waals surface area contributed by atoms with Crippen LogP contribution in [0.4, 0.5) is 11.4 Å². The first-order chi connectivity index (χ1) is 9.96. The molecule has 0 heterocycles. The number of aliphatic hydroxyl groups excluding tert-OH is 1. The number of ketones is 1. The number of hydrogen-bond acceptors (Lipinski definition) is 5. The maximum atomic E-state index is 11.5. The van der Waals surface area contributed by atoms with E-state index >= 15 is 0 Å². The number of aliphatic hydroxyl groups is 1. The van der Waals surface area contributed by atoms with Crippen LogP contribution in [0.2, 0.25) is 0 Å². The van der Waals surface area contributed by atoms with E-state index in [2.05, 4.69) is 0 Å². The molecule has 6 heteroatoms. The Morgan fingerprint density at radius 2 is 2.00 bits per heavy atom. The van der Waals surface area contributed by atoms with Gasteiger partial charge >= 0.3 is 0 Å². The highest BCUT2D eigenvalue weighted by Gasteiger charge is 2.22. The number of hydrogen-bond donors (Lipinski definition) is 1. The molecular formula is C15H22N2O4. The van der Waals surface area contributed by atoms with Crippen molar-refractivity contribution in [3.05, 3.63) is 33.9 Å². The van der Waals surface area contributed by atoms with E-state index in [1.165, 1.54) is 19.1 Å². The first kappa shape index (κ1) is 17.1. The second kappa shape index (κ2) is 7.73. The van der Waals surface area contributed by atoms with Crippen LogP contribution in [0.3, 0.4) is 0 Å². The minimum atomic E-state index is -0.537. The number of carbonyl (C=O) groups excluding carboxylic acids is 1. The molecule has 0 aliphatic heterocycles. The average molecular weight is 294 g/mol. The summed E-state index contributed by atoms with van der Waals surface area (Å²) >= 11 is 0. The van der Waals surface area contributed by atoms with Crippen LogP contribution in [0.25, 0.3) is 0 Å². The summed E-state index contributed by atoms with van der Waals surface area (Å²) in [6.45, 7) is 5.77. The fourth-order valence-corrected chi connectivity index (χ4v) is 2.51. The van der Waals surface area contributed by atoms with Crippen molar-refractivity contribution in [1.82, 2.24) is 0 Å². The summed E-state index contributed by atoms with van der Waals surface area (Å²) in [7, 11) is 0. The van der Waals surface area contributed by atoms with E-state index in [0.717, 1.165) is 12.8 Å². The van der Waals surface area contributed by atoms with Gasteiger partial charge in [0.25, 0.3) is 5.69 Å². The van der Waals surface area contributed by atoms with Gasteiger partial charge in [0.2, 0.25) is 0 Å². The molecule has 116 valence electrons. The predicted molar refractivity (Wildman–Crippen MR) is 81.9 cm³/mol. The summed E-state index contributed by atoms with van der Waals surface area (Å²) in [6, 6.07) is 4.81. The molecule has 0 saturated heterocycles. The van der Waals surface area contributed by atoms with Crippen molar-refractivity contribution in [2.24, 2.45) is 0 Å². The molecule has 1 aromatic rings. The SMILES string of the molecule is CCC(CC)N(CCO)c1ccc(C(C)=O)c([N+](=O)[O-])c1. The van der Waals surface area contributed by atoms with Gasteiger partial charge in [0.15, 0.2) is 5.78 Å². The Labute approximate surface area is 124 Å². The standard InChI is InChI=1S/C15H22N2O4/c1-4-12(5-2)16(8-9-18)13-6-7-14(11(3)19)15(10-13)17(20)21/h6-7,10,12,18H,4-5,8-9H2,1-3H3. The highest BCUT2D eigenvalue weighted by atomic mass is 16.6. The summed E-state index contributed by atoms with van der Waals surface area (Å²) in [5.74, 6) is -0.329. The molecule has 0 aliphatic rings. The summed E-state index contributed by atoms with van der Waals surface area (Å²) in [5.41, 5.74) is 0.584. The van der Waals surface area contributed by atoms with Gasteiger partial charge in [-0.2, -0.15) is 0 Å². The maximum Gasteiger partial charge on any atom is 0.282 e. The van der Waals surface area contributed by atoms with Crippen LogP contribution in [0.5, 0.6) is 0 Å². The smallest absolute Gasteiger partial charge is 0.282 e. The third-order valence-electron chi connectivity index (χ3n) is 3.61. The van der Waals surface area contributed by atoms with Gasteiger partial charge in [-0.1, -0.05) is 13.8 Å². The molecule has 6 nitrogen and oxygen atoms in total. The monoisotopic (exact) mass is 294 g/mol. The fourth-order valence-electron chi connectivity index (χ4n) is 2.51. The summed E-state index contributed by atoms with van der Waals surface area (Å²) in [6.07, 6.45) is 1.75. The Morgan fingerprint density at radius 1 is 1.38 bits per heavy atom. The van der Waals surface area contributed by atoms with Crippen LogP contribution < -0.4 is 4.90 Å². The number of nitro groups is 1. The number of Topliss-reactive ketones (excluding diaryl/α,β-unsaturated/α-hetero) is 1. The predicted octanol–water partition coefficient (Wildman–Crippen LogP) is 2.78. The quantitative estimate of drug-likeness (QED) is 0.453. The van der Waals surface area contributed by atoms with Gasteiger partial charge in [-0.15, -0.1) is 0 Å². The Morgan fingerprint density at radius 3 is 2.43 bits per heavy atom. The van der Waals surface area contributed by atoms with Crippen molar-refractivity contribution in [2.45, 2.75) is 39.7 Å². The van der Waals surface area contributed by atoms with E-state index in [4.69, 9.17) is 0 Å². The maximum absolute atomic E-state index is 11.5. The van der Waals surface area contributed by atoms with E-state index in [9.17, 15) is 20.0 Å². The number of carbonyl (C=O) groups is 1. The first-order valence-electron chi connectivity index (χ1n) is 7.13. The van der Waals surface area contributed by atoms with Crippen LogP contribution in [0.1, 0.15) is 44.0 Å². The molecule has 1 N–H and O–H groups in total. The largest absolute Gasteiger partial charge is 0.395 e. The molecule has 1 rings (SSSR count). The van der Waals surface area contributed by atoms with Gasteiger partial charge in [0, 0.05) is 24.3 Å². The van der Waals surface area contributed by atoms with Crippen molar-refractivity contribution in [2.75, 3.05) is 18.1 Å². The van der Waals surface area contributed by atoms with E-state index < -0.39 is 4.92 Å². The fraction of sp³-hybridized carbons (Fsp3) is 0.533. The molecule has 0 unspecified atom stereocenters. The van der Waals surface area contributed by atoms with Gasteiger partial charge in [-0.05, 0) is 31.9 Å². The topological polar surface area (TPSA) is 83.7 Å². The molecule has 21 heavy (non-hydrogen) atoms. The van der Waals surface area contributed by atoms with E-state index in [1.807, 2.05) is 18.7 Å². The minimum absolute atomic E-state index is 0.0290.